The van der Waals surface area contributed by atoms with Crippen LogP contribution in [0.3, 0.4) is 0 Å². The van der Waals surface area contributed by atoms with E-state index in [1.807, 2.05) is 30.3 Å². The fraction of sp³-hybridized carbons (Fsp3) is 0.250. The summed E-state index contributed by atoms with van der Waals surface area (Å²) in [6.45, 7) is 0.864. The first-order valence-corrected chi connectivity index (χ1v) is 6.72. The molecule has 96 valence electrons. The van der Waals surface area contributed by atoms with Gasteiger partial charge in [-0.3, -0.25) is 0 Å². The highest BCUT2D eigenvalue weighted by Gasteiger charge is 2.36. The van der Waals surface area contributed by atoms with Crippen molar-refractivity contribution in [2.45, 2.75) is 18.7 Å². The number of nitrogens with one attached hydrogen (secondary N) is 1. The summed E-state index contributed by atoms with van der Waals surface area (Å²) in [7, 11) is 0. The van der Waals surface area contributed by atoms with Crippen LogP contribution in [0.25, 0.3) is 0 Å². The van der Waals surface area contributed by atoms with Crippen molar-refractivity contribution in [3.63, 3.8) is 0 Å². The quantitative estimate of drug-likeness (QED) is 0.756. The summed E-state index contributed by atoms with van der Waals surface area (Å²) in [4.78, 5) is 2.15. The van der Waals surface area contributed by atoms with Crippen LogP contribution >= 0.6 is 0 Å². The highest BCUT2D eigenvalue weighted by molar-refractivity contribution is 5.65. The standard InChI is InChI=1S/C16H16N2O/c19-16-13-6-2-3-7-14(13)17-10-12-9-11-5-1-4-8-15(11)18(12)16/h1-8,12,16-17,19H,9-10H2/t12-,16?/m0/s1. The van der Waals surface area contributed by atoms with Gasteiger partial charge in [-0.1, -0.05) is 36.4 Å². The van der Waals surface area contributed by atoms with E-state index in [4.69, 9.17) is 0 Å². The number of aliphatic hydroxyl groups is 1. The molecule has 0 aliphatic carbocycles. The van der Waals surface area contributed by atoms with Crippen molar-refractivity contribution in [3.8, 4) is 0 Å². The Kier molecular flexibility index (Phi) is 2.29. The lowest BCUT2D eigenvalue weighted by Crippen LogP contribution is -2.37. The van der Waals surface area contributed by atoms with Crippen molar-refractivity contribution in [3.05, 3.63) is 59.7 Å². The van der Waals surface area contributed by atoms with Crippen molar-refractivity contribution in [2.24, 2.45) is 0 Å². The Morgan fingerprint density at radius 1 is 1.05 bits per heavy atom. The zero-order valence-electron chi connectivity index (χ0n) is 10.6. The summed E-state index contributed by atoms with van der Waals surface area (Å²) < 4.78 is 0. The average Bonchev–Trinajstić information content (AvgIpc) is 2.76. The zero-order valence-corrected chi connectivity index (χ0v) is 10.6. The fourth-order valence-electron chi connectivity index (χ4n) is 3.25. The molecule has 2 heterocycles. The van der Waals surface area contributed by atoms with Gasteiger partial charge in [0.25, 0.3) is 0 Å². The lowest BCUT2D eigenvalue weighted by atomic mass is 10.1. The van der Waals surface area contributed by atoms with Gasteiger partial charge in [0, 0.05) is 23.5 Å². The minimum Gasteiger partial charge on any atom is -0.383 e. The molecule has 2 aliphatic heterocycles. The van der Waals surface area contributed by atoms with E-state index in [0.717, 1.165) is 24.2 Å². The predicted octanol–water partition coefficient (Wildman–Crippen LogP) is 2.53. The van der Waals surface area contributed by atoms with E-state index in [-0.39, 0.29) is 0 Å². The number of aliphatic hydroxyl groups excluding tert-OH is 1. The molecule has 0 fully saturated rings. The molecular formula is C16H16N2O. The number of nitrogens with zero attached hydrogens (tertiary/aromatic N) is 1. The molecule has 0 saturated heterocycles. The first-order chi connectivity index (χ1) is 9.34. The van der Waals surface area contributed by atoms with Crippen LogP contribution in [0.4, 0.5) is 11.4 Å². The molecule has 0 radical (unpaired) electrons. The van der Waals surface area contributed by atoms with Crippen LogP contribution in [0, 0.1) is 0 Å². The van der Waals surface area contributed by atoms with E-state index in [9.17, 15) is 5.11 Å². The Balaban J connectivity index is 1.84. The molecule has 2 aliphatic rings. The molecule has 0 amide bonds. The molecule has 19 heavy (non-hydrogen) atoms. The van der Waals surface area contributed by atoms with Gasteiger partial charge < -0.3 is 15.3 Å². The van der Waals surface area contributed by atoms with Crippen molar-refractivity contribution < 1.29 is 5.11 Å². The average molecular weight is 252 g/mol. The molecular weight excluding hydrogens is 236 g/mol. The van der Waals surface area contributed by atoms with E-state index in [2.05, 4.69) is 28.4 Å². The number of para-hydroxylation sites is 2. The first kappa shape index (κ1) is 10.9. The molecule has 2 aromatic rings. The summed E-state index contributed by atoms with van der Waals surface area (Å²) in [5.41, 5.74) is 4.50. The molecule has 3 nitrogen and oxygen atoms in total. The van der Waals surface area contributed by atoms with Crippen LogP contribution in [0.2, 0.25) is 0 Å². The summed E-state index contributed by atoms with van der Waals surface area (Å²) in [6.07, 6.45) is 0.425. The second kappa shape index (κ2) is 4.00. The van der Waals surface area contributed by atoms with Gasteiger partial charge in [0.05, 0.1) is 6.04 Å². The van der Waals surface area contributed by atoms with Gasteiger partial charge in [-0.2, -0.15) is 0 Å². The third-order valence-corrected chi connectivity index (χ3v) is 4.15. The van der Waals surface area contributed by atoms with Crippen LogP contribution in [0.5, 0.6) is 0 Å². The molecule has 2 aromatic carbocycles. The van der Waals surface area contributed by atoms with Crippen LogP contribution < -0.4 is 10.2 Å². The normalized spacial score (nSPS) is 23.9. The second-order valence-electron chi connectivity index (χ2n) is 5.24. The maximum absolute atomic E-state index is 10.7. The van der Waals surface area contributed by atoms with Crippen LogP contribution in [0.1, 0.15) is 17.4 Å². The van der Waals surface area contributed by atoms with Crippen molar-refractivity contribution in [1.82, 2.24) is 0 Å². The van der Waals surface area contributed by atoms with Gasteiger partial charge in [0.2, 0.25) is 0 Å². The molecule has 1 unspecified atom stereocenters. The molecule has 0 saturated carbocycles. The van der Waals surface area contributed by atoms with E-state index in [1.54, 1.807) is 0 Å². The van der Waals surface area contributed by atoms with Gasteiger partial charge in [-0.15, -0.1) is 0 Å². The van der Waals surface area contributed by atoms with Crippen molar-refractivity contribution in [1.29, 1.82) is 0 Å². The Hall–Kier alpha value is -2.00. The van der Waals surface area contributed by atoms with Crippen molar-refractivity contribution >= 4 is 11.4 Å². The Morgan fingerprint density at radius 2 is 1.84 bits per heavy atom. The van der Waals surface area contributed by atoms with Gasteiger partial charge in [-0.05, 0) is 24.1 Å². The maximum Gasteiger partial charge on any atom is 0.155 e. The third kappa shape index (κ3) is 1.55. The molecule has 0 aromatic heterocycles. The van der Waals surface area contributed by atoms with Gasteiger partial charge >= 0.3 is 0 Å². The van der Waals surface area contributed by atoms with Crippen molar-refractivity contribution in [2.75, 3.05) is 16.8 Å². The summed E-state index contributed by atoms with van der Waals surface area (Å²) in [5.74, 6) is 0. The Labute approximate surface area is 112 Å². The lowest BCUT2D eigenvalue weighted by Gasteiger charge is -2.30. The van der Waals surface area contributed by atoms with Crippen LogP contribution in [-0.2, 0) is 6.42 Å². The Bertz CT molecular complexity index is 626. The number of benzene rings is 2. The monoisotopic (exact) mass is 252 g/mol. The predicted molar refractivity (Wildman–Crippen MR) is 76.3 cm³/mol. The second-order valence-corrected chi connectivity index (χ2v) is 5.24. The largest absolute Gasteiger partial charge is 0.383 e. The summed E-state index contributed by atoms with van der Waals surface area (Å²) in [6, 6.07) is 16.7. The number of hydrogen-bond acceptors (Lipinski definition) is 3. The smallest absolute Gasteiger partial charge is 0.155 e. The van der Waals surface area contributed by atoms with Crippen LogP contribution in [-0.4, -0.2) is 17.7 Å². The maximum atomic E-state index is 10.7. The number of anilines is 2. The highest BCUT2D eigenvalue weighted by atomic mass is 16.3. The summed E-state index contributed by atoms with van der Waals surface area (Å²) >= 11 is 0. The van der Waals surface area contributed by atoms with E-state index >= 15 is 0 Å². The van der Waals surface area contributed by atoms with Gasteiger partial charge in [0.1, 0.15) is 0 Å². The molecule has 2 N–H and O–H groups in total. The van der Waals surface area contributed by atoms with E-state index < -0.39 is 6.23 Å². The van der Waals surface area contributed by atoms with Gasteiger partial charge in [-0.25, -0.2) is 0 Å². The first-order valence-electron chi connectivity index (χ1n) is 6.72. The SMILES string of the molecule is OC1c2ccccc2NC[C@@H]2Cc3ccccc3N12. The number of hydrogen-bond donors (Lipinski definition) is 2. The van der Waals surface area contributed by atoms with Gasteiger partial charge in [0.15, 0.2) is 6.23 Å². The third-order valence-electron chi connectivity index (χ3n) is 4.15. The zero-order chi connectivity index (χ0) is 12.8. The summed E-state index contributed by atoms with van der Waals surface area (Å²) in [5, 5.41) is 14.2. The van der Waals surface area contributed by atoms with E-state index in [0.29, 0.717) is 6.04 Å². The Morgan fingerprint density at radius 3 is 2.79 bits per heavy atom. The minimum absolute atomic E-state index is 0.319. The lowest BCUT2D eigenvalue weighted by molar-refractivity contribution is 0.167. The molecule has 2 atom stereocenters. The highest BCUT2D eigenvalue weighted by Crippen LogP contribution is 2.41. The number of rotatable bonds is 0. The number of fused-ring (bicyclic) bond motifs is 4. The molecule has 4 rings (SSSR count). The molecule has 0 bridgehead atoms. The molecule has 0 spiro atoms. The van der Waals surface area contributed by atoms with E-state index in [1.165, 1.54) is 11.3 Å². The molecule has 3 heteroatoms. The fourth-order valence-corrected chi connectivity index (χ4v) is 3.25. The van der Waals surface area contributed by atoms with Crippen LogP contribution in [0.15, 0.2) is 48.5 Å². The topological polar surface area (TPSA) is 35.5 Å². The minimum atomic E-state index is -0.570.